The Hall–Kier alpha value is -0.940. The highest BCUT2D eigenvalue weighted by atomic mass is 16.7. The van der Waals surface area contributed by atoms with E-state index in [4.69, 9.17) is 15.2 Å². The molecule has 2 saturated heterocycles. The van der Waals surface area contributed by atoms with Gasteiger partial charge >= 0.3 is 0 Å². The van der Waals surface area contributed by atoms with Gasteiger partial charge in [0.1, 0.15) is 0 Å². The summed E-state index contributed by atoms with van der Waals surface area (Å²) in [4.78, 5) is 2.44. The molecule has 0 bridgehead atoms. The van der Waals surface area contributed by atoms with E-state index in [2.05, 4.69) is 35.2 Å². The lowest BCUT2D eigenvalue weighted by Gasteiger charge is -2.52. The molecular weight excluding hydrogens is 228 g/mol. The van der Waals surface area contributed by atoms with Crippen LogP contribution in [0.4, 0.5) is 0 Å². The highest BCUT2D eigenvalue weighted by Crippen LogP contribution is 2.35. The zero-order valence-electron chi connectivity index (χ0n) is 10.5. The van der Waals surface area contributed by atoms with Crippen LogP contribution in [0.15, 0.2) is 30.3 Å². The molecule has 2 aliphatic rings. The van der Waals surface area contributed by atoms with E-state index in [9.17, 15) is 0 Å². The lowest BCUT2D eigenvalue weighted by molar-refractivity contribution is -0.254. The molecule has 98 valence electrons. The minimum atomic E-state index is -0.196. The molecule has 0 radical (unpaired) electrons. The SMILES string of the molecule is NCC1OCC2(CO1)CN(Cc1ccccc1)C2. The van der Waals surface area contributed by atoms with E-state index in [0.717, 1.165) is 32.8 Å². The standard InChI is InChI=1S/C14H20N2O2/c15-6-13-17-10-14(11-18-13)8-16(9-14)7-12-4-2-1-3-5-12/h1-5,13H,6-11,15H2. The van der Waals surface area contributed by atoms with Crippen molar-refractivity contribution in [1.82, 2.24) is 4.90 Å². The molecule has 0 unspecified atom stereocenters. The Morgan fingerprint density at radius 2 is 1.83 bits per heavy atom. The molecule has 18 heavy (non-hydrogen) atoms. The van der Waals surface area contributed by atoms with Crippen LogP contribution in [-0.4, -0.2) is 44.0 Å². The molecule has 1 aromatic carbocycles. The number of benzene rings is 1. The fourth-order valence-electron chi connectivity index (χ4n) is 2.80. The molecule has 2 N–H and O–H groups in total. The number of hydrogen-bond donors (Lipinski definition) is 1. The van der Waals surface area contributed by atoms with E-state index in [-0.39, 0.29) is 11.7 Å². The average Bonchev–Trinajstić information content (AvgIpc) is 2.39. The maximum Gasteiger partial charge on any atom is 0.169 e. The number of hydrogen-bond acceptors (Lipinski definition) is 4. The van der Waals surface area contributed by atoms with Gasteiger partial charge in [-0.15, -0.1) is 0 Å². The van der Waals surface area contributed by atoms with Gasteiger partial charge < -0.3 is 15.2 Å². The zero-order valence-corrected chi connectivity index (χ0v) is 10.5. The van der Waals surface area contributed by atoms with Crippen molar-refractivity contribution >= 4 is 0 Å². The number of rotatable bonds is 3. The largest absolute Gasteiger partial charge is 0.351 e. The molecular formula is C14H20N2O2. The smallest absolute Gasteiger partial charge is 0.169 e. The molecule has 4 heteroatoms. The highest BCUT2D eigenvalue weighted by molar-refractivity contribution is 5.15. The zero-order chi connectivity index (χ0) is 12.4. The Bertz CT molecular complexity index is 380. The second-order valence-corrected chi connectivity index (χ2v) is 5.42. The molecule has 0 saturated carbocycles. The molecule has 0 atom stereocenters. The van der Waals surface area contributed by atoms with Gasteiger partial charge in [0.15, 0.2) is 6.29 Å². The first-order chi connectivity index (χ1) is 8.80. The van der Waals surface area contributed by atoms with Crippen LogP contribution in [0.1, 0.15) is 5.56 Å². The number of likely N-dealkylation sites (tertiary alicyclic amines) is 1. The van der Waals surface area contributed by atoms with Crippen molar-refractivity contribution in [2.75, 3.05) is 32.8 Å². The summed E-state index contributed by atoms with van der Waals surface area (Å²) in [5, 5.41) is 0. The molecule has 2 aliphatic heterocycles. The summed E-state index contributed by atoms with van der Waals surface area (Å²) in [6, 6.07) is 10.6. The summed E-state index contributed by atoms with van der Waals surface area (Å²) in [5.41, 5.74) is 7.09. The molecule has 1 spiro atoms. The Balaban J connectivity index is 1.49. The number of nitrogens with zero attached hydrogens (tertiary/aromatic N) is 1. The normalized spacial score (nSPS) is 24.1. The third-order valence-corrected chi connectivity index (χ3v) is 3.71. The van der Waals surface area contributed by atoms with E-state index in [1.807, 2.05) is 0 Å². The van der Waals surface area contributed by atoms with E-state index >= 15 is 0 Å². The maximum absolute atomic E-state index is 5.61. The molecule has 3 rings (SSSR count). The van der Waals surface area contributed by atoms with Crippen LogP contribution in [0.2, 0.25) is 0 Å². The number of nitrogens with two attached hydrogens (primary N) is 1. The second kappa shape index (κ2) is 4.97. The number of ether oxygens (including phenoxy) is 2. The van der Waals surface area contributed by atoms with Gasteiger partial charge in [0.2, 0.25) is 0 Å². The van der Waals surface area contributed by atoms with E-state index in [1.165, 1.54) is 5.56 Å². The van der Waals surface area contributed by atoms with Crippen LogP contribution in [0.3, 0.4) is 0 Å². The van der Waals surface area contributed by atoms with Gasteiger partial charge in [-0.1, -0.05) is 30.3 Å². The van der Waals surface area contributed by atoms with Crippen molar-refractivity contribution < 1.29 is 9.47 Å². The van der Waals surface area contributed by atoms with Gasteiger partial charge in [-0.3, -0.25) is 4.90 Å². The minimum Gasteiger partial charge on any atom is -0.351 e. The molecule has 2 heterocycles. The lowest BCUT2D eigenvalue weighted by Crippen LogP contribution is -2.63. The molecule has 2 fully saturated rings. The summed E-state index contributed by atoms with van der Waals surface area (Å²) in [6.45, 7) is 5.13. The monoisotopic (exact) mass is 248 g/mol. The van der Waals surface area contributed by atoms with Gasteiger partial charge in [0.05, 0.1) is 13.2 Å². The Morgan fingerprint density at radius 3 is 2.44 bits per heavy atom. The highest BCUT2D eigenvalue weighted by Gasteiger charge is 2.46. The molecule has 0 aromatic heterocycles. The van der Waals surface area contributed by atoms with Crippen molar-refractivity contribution in [2.24, 2.45) is 11.1 Å². The third-order valence-electron chi connectivity index (χ3n) is 3.71. The molecule has 4 nitrogen and oxygen atoms in total. The van der Waals surface area contributed by atoms with Crippen molar-refractivity contribution in [1.29, 1.82) is 0 Å². The first-order valence-electron chi connectivity index (χ1n) is 6.49. The molecule has 0 amide bonds. The summed E-state index contributed by atoms with van der Waals surface area (Å²) in [6.07, 6.45) is -0.196. The second-order valence-electron chi connectivity index (χ2n) is 5.42. The van der Waals surface area contributed by atoms with Gasteiger partial charge in [0, 0.05) is 31.6 Å². The van der Waals surface area contributed by atoms with Crippen LogP contribution in [-0.2, 0) is 16.0 Å². The predicted octanol–water partition coefficient (Wildman–Crippen LogP) is 0.820. The topological polar surface area (TPSA) is 47.7 Å². The fourth-order valence-corrected chi connectivity index (χ4v) is 2.80. The first kappa shape index (κ1) is 12.1. The maximum atomic E-state index is 5.61. The van der Waals surface area contributed by atoms with E-state index in [0.29, 0.717) is 6.54 Å². The summed E-state index contributed by atoms with van der Waals surface area (Å²) in [7, 11) is 0. The minimum absolute atomic E-state index is 0.196. The van der Waals surface area contributed by atoms with Gasteiger partial charge in [-0.25, -0.2) is 0 Å². The Kier molecular flexibility index (Phi) is 3.35. The summed E-state index contributed by atoms with van der Waals surface area (Å²) < 4.78 is 11.2. The third kappa shape index (κ3) is 2.42. The van der Waals surface area contributed by atoms with Crippen molar-refractivity contribution in [3.63, 3.8) is 0 Å². The van der Waals surface area contributed by atoms with E-state index < -0.39 is 0 Å². The molecule has 1 aromatic rings. The lowest BCUT2D eigenvalue weighted by atomic mass is 9.80. The van der Waals surface area contributed by atoms with Gasteiger partial charge in [-0.05, 0) is 5.56 Å². The summed E-state index contributed by atoms with van der Waals surface area (Å²) in [5.74, 6) is 0. The Labute approximate surface area is 108 Å². The predicted molar refractivity (Wildman–Crippen MR) is 68.9 cm³/mol. The van der Waals surface area contributed by atoms with Crippen LogP contribution < -0.4 is 5.73 Å². The summed E-state index contributed by atoms with van der Waals surface area (Å²) >= 11 is 0. The van der Waals surface area contributed by atoms with Crippen LogP contribution >= 0.6 is 0 Å². The van der Waals surface area contributed by atoms with Crippen LogP contribution in [0.5, 0.6) is 0 Å². The van der Waals surface area contributed by atoms with Gasteiger partial charge in [0.25, 0.3) is 0 Å². The van der Waals surface area contributed by atoms with Crippen molar-refractivity contribution in [3.8, 4) is 0 Å². The van der Waals surface area contributed by atoms with Crippen LogP contribution in [0.25, 0.3) is 0 Å². The first-order valence-corrected chi connectivity index (χ1v) is 6.49. The van der Waals surface area contributed by atoms with Gasteiger partial charge in [-0.2, -0.15) is 0 Å². The average molecular weight is 248 g/mol. The van der Waals surface area contributed by atoms with Crippen molar-refractivity contribution in [3.05, 3.63) is 35.9 Å². The quantitative estimate of drug-likeness (QED) is 0.860. The van der Waals surface area contributed by atoms with Crippen LogP contribution in [0, 0.1) is 5.41 Å². The molecule has 0 aliphatic carbocycles. The van der Waals surface area contributed by atoms with Crippen molar-refractivity contribution in [2.45, 2.75) is 12.8 Å². The Morgan fingerprint density at radius 1 is 1.17 bits per heavy atom. The van der Waals surface area contributed by atoms with E-state index in [1.54, 1.807) is 0 Å². The fraction of sp³-hybridized carbons (Fsp3) is 0.571.